The van der Waals surface area contributed by atoms with E-state index in [2.05, 4.69) is 15.6 Å². The van der Waals surface area contributed by atoms with Crippen molar-refractivity contribution in [3.63, 3.8) is 0 Å². The number of hydrogen-bond donors (Lipinski definition) is 3. The van der Waals surface area contributed by atoms with Gasteiger partial charge in [-0.25, -0.2) is 4.98 Å². The van der Waals surface area contributed by atoms with Gasteiger partial charge in [-0.15, -0.1) is 11.3 Å². The highest BCUT2D eigenvalue weighted by Crippen LogP contribution is 2.42. The molecule has 24 heavy (non-hydrogen) atoms. The van der Waals surface area contributed by atoms with Gasteiger partial charge < -0.3 is 15.7 Å². The Morgan fingerprint density at radius 3 is 2.50 bits per heavy atom. The molecule has 0 aliphatic carbocycles. The molecule has 1 rings (SSSR count). The molecule has 0 spiro atoms. The summed E-state index contributed by atoms with van der Waals surface area (Å²) in [4.78, 5) is 27.2. The Morgan fingerprint density at radius 1 is 1.42 bits per heavy atom. The van der Waals surface area contributed by atoms with Gasteiger partial charge in [-0.3, -0.25) is 9.59 Å². The van der Waals surface area contributed by atoms with Crippen molar-refractivity contribution in [2.75, 3.05) is 6.54 Å². The monoisotopic (exact) mass is 367 g/mol. The molecule has 2 amide bonds. The van der Waals surface area contributed by atoms with E-state index in [-0.39, 0.29) is 0 Å². The lowest BCUT2D eigenvalue weighted by Crippen LogP contribution is -2.50. The molecule has 0 saturated heterocycles. The fourth-order valence-electron chi connectivity index (χ4n) is 1.83. The molecular formula is C14H20F3N3O3S. The molecule has 0 fully saturated rings. The standard InChI is InChI=1S/C14H20F3N3O3S/c1-4-5-18-11(22)9(3)20-10(21)6-13(23,14(15,16)17)12-19-8(2)7-24-12/h7,9,23H,4-6H2,1-3H3,(H,18,22)(H,20,21)/t9-,13-/m1/s1. The Labute approximate surface area is 141 Å². The van der Waals surface area contributed by atoms with Crippen LogP contribution in [-0.2, 0) is 15.2 Å². The van der Waals surface area contributed by atoms with Crippen molar-refractivity contribution in [3.8, 4) is 0 Å². The summed E-state index contributed by atoms with van der Waals surface area (Å²) in [5.41, 5.74) is -3.08. The Bertz CT molecular complexity index is 591. The molecule has 136 valence electrons. The van der Waals surface area contributed by atoms with E-state index in [0.717, 1.165) is 0 Å². The summed E-state index contributed by atoms with van der Waals surface area (Å²) in [7, 11) is 0. The summed E-state index contributed by atoms with van der Waals surface area (Å²) in [6.45, 7) is 5.06. The van der Waals surface area contributed by atoms with E-state index in [9.17, 15) is 27.9 Å². The van der Waals surface area contributed by atoms with Gasteiger partial charge in [0.15, 0.2) is 0 Å². The number of hydrogen-bond acceptors (Lipinski definition) is 5. The first kappa shape index (κ1) is 20.4. The molecule has 1 aromatic rings. The zero-order valence-corrected chi connectivity index (χ0v) is 14.3. The number of alkyl halides is 3. The second-order valence-corrected chi connectivity index (χ2v) is 6.27. The van der Waals surface area contributed by atoms with E-state index < -0.39 is 41.1 Å². The number of nitrogens with one attached hydrogen (secondary N) is 2. The molecule has 2 atom stereocenters. The van der Waals surface area contributed by atoms with Crippen LogP contribution in [0.1, 0.15) is 37.4 Å². The zero-order valence-electron chi connectivity index (χ0n) is 13.5. The average molecular weight is 367 g/mol. The second-order valence-electron chi connectivity index (χ2n) is 5.41. The Morgan fingerprint density at radius 2 is 2.04 bits per heavy atom. The van der Waals surface area contributed by atoms with Gasteiger partial charge in [0.1, 0.15) is 11.0 Å². The highest BCUT2D eigenvalue weighted by atomic mass is 32.1. The van der Waals surface area contributed by atoms with Crippen LogP contribution in [0.15, 0.2) is 5.38 Å². The number of nitrogens with zero attached hydrogens (tertiary/aromatic N) is 1. The van der Waals surface area contributed by atoms with Crippen molar-refractivity contribution in [3.05, 3.63) is 16.1 Å². The van der Waals surface area contributed by atoms with Gasteiger partial charge in [0.2, 0.25) is 17.4 Å². The van der Waals surface area contributed by atoms with Gasteiger partial charge in [-0.1, -0.05) is 6.92 Å². The lowest BCUT2D eigenvalue weighted by Gasteiger charge is -2.28. The highest BCUT2D eigenvalue weighted by Gasteiger charge is 2.58. The maximum absolute atomic E-state index is 13.3. The number of amides is 2. The fraction of sp³-hybridized carbons (Fsp3) is 0.643. The third kappa shape index (κ3) is 4.91. The number of carbonyl (C=O) groups is 2. The van der Waals surface area contributed by atoms with Gasteiger partial charge in [-0.05, 0) is 20.3 Å². The van der Waals surface area contributed by atoms with Crippen molar-refractivity contribution in [1.82, 2.24) is 15.6 Å². The predicted octanol–water partition coefficient (Wildman–Crippen LogP) is 1.62. The molecule has 0 radical (unpaired) electrons. The first-order chi connectivity index (χ1) is 11.0. The lowest BCUT2D eigenvalue weighted by molar-refractivity contribution is -0.267. The summed E-state index contributed by atoms with van der Waals surface area (Å²) in [5.74, 6) is -1.60. The lowest BCUT2D eigenvalue weighted by atomic mass is 9.99. The number of rotatable bonds is 7. The molecular weight excluding hydrogens is 347 g/mol. The van der Waals surface area contributed by atoms with Crippen LogP contribution in [0.25, 0.3) is 0 Å². The topological polar surface area (TPSA) is 91.3 Å². The average Bonchev–Trinajstić information content (AvgIpc) is 2.90. The van der Waals surface area contributed by atoms with Gasteiger partial charge in [0.05, 0.1) is 6.42 Å². The minimum Gasteiger partial charge on any atom is -0.374 e. The molecule has 3 N–H and O–H groups in total. The summed E-state index contributed by atoms with van der Waals surface area (Å²) >= 11 is 0.621. The normalized spacial score (nSPS) is 15.5. The number of aryl methyl sites for hydroxylation is 1. The number of aromatic nitrogens is 1. The molecule has 0 saturated carbocycles. The van der Waals surface area contributed by atoms with Crippen LogP contribution in [0.3, 0.4) is 0 Å². The number of thiazole rings is 1. The molecule has 0 aliphatic heterocycles. The van der Waals surface area contributed by atoms with Crippen LogP contribution in [0.2, 0.25) is 0 Å². The molecule has 1 heterocycles. The predicted molar refractivity (Wildman–Crippen MR) is 82.3 cm³/mol. The van der Waals surface area contributed by atoms with Crippen LogP contribution in [0.4, 0.5) is 13.2 Å². The van der Waals surface area contributed by atoms with Gasteiger partial charge >= 0.3 is 6.18 Å². The molecule has 0 aromatic carbocycles. The fourth-order valence-corrected chi connectivity index (χ4v) is 2.75. The van der Waals surface area contributed by atoms with Crippen LogP contribution < -0.4 is 10.6 Å². The first-order valence-electron chi connectivity index (χ1n) is 7.30. The Balaban J connectivity index is 2.85. The third-order valence-electron chi connectivity index (χ3n) is 3.18. The zero-order chi connectivity index (χ0) is 18.5. The van der Waals surface area contributed by atoms with Crippen LogP contribution in [-0.4, -0.2) is 40.7 Å². The van der Waals surface area contributed by atoms with E-state index in [0.29, 0.717) is 30.0 Å². The molecule has 0 aliphatic rings. The third-order valence-corrected chi connectivity index (χ3v) is 4.29. The maximum atomic E-state index is 13.3. The summed E-state index contributed by atoms with van der Waals surface area (Å²) in [5, 5.41) is 15.5. The number of aliphatic hydroxyl groups is 1. The molecule has 0 bridgehead atoms. The van der Waals surface area contributed by atoms with Crippen LogP contribution in [0, 0.1) is 6.92 Å². The van der Waals surface area contributed by atoms with Gasteiger partial charge in [-0.2, -0.15) is 13.2 Å². The van der Waals surface area contributed by atoms with E-state index in [1.165, 1.54) is 19.2 Å². The summed E-state index contributed by atoms with van der Waals surface area (Å²) < 4.78 is 39.8. The quantitative estimate of drug-likeness (QED) is 0.683. The Hall–Kier alpha value is -1.68. The van der Waals surface area contributed by atoms with Crippen molar-refractivity contribution < 1.29 is 27.9 Å². The van der Waals surface area contributed by atoms with E-state index >= 15 is 0 Å². The molecule has 1 aromatic heterocycles. The van der Waals surface area contributed by atoms with Crippen molar-refractivity contribution in [2.45, 2.75) is 51.4 Å². The van der Waals surface area contributed by atoms with Gasteiger partial charge in [0.25, 0.3) is 0 Å². The highest BCUT2D eigenvalue weighted by molar-refractivity contribution is 7.09. The number of halogens is 3. The van der Waals surface area contributed by atoms with Crippen LogP contribution in [0.5, 0.6) is 0 Å². The SMILES string of the molecule is CCCNC(=O)[C@@H](C)NC(=O)C[C@@](O)(c1nc(C)cs1)C(F)(F)F. The smallest absolute Gasteiger partial charge is 0.374 e. The van der Waals surface area contributed by atoms with Crippen molar-refractivity contribution in [2.24, 2.45) is 0 Å². The largest absolute Gasteiger partial charge is 0.424 e. The van der Waals surface area contributed by atoms with Crippen molar-refractivity contribution >= 4 is 23.2 Å². The van der Waals surface area contributed by atoms with Gasteiger partial charge in [0, 0.05) is 17.6 Å². The van der Waals surface area contributed by atoms with Crippen LogP contribution >= 0.6 is 11.3 Å². The second kappa shape index (κ2) is 7.93. The molecule has 0 unspecified atom stereocenters. The van der Waals surface area contributed by atoms with Crippen molar-refractivity contribution in [1.29, 1.82) is 0 Å². The summed E-state index contributed by atoms with van der Waals surface area (Å²) in [6.07, 6.45) is -5.67. The minimum atomic E-state index is -5.08. The molecule has 10 heteroatoms. The first-order valence-corrected chi connectivity index (χ1v) is 8.18. The van der Waals surface area contributed by atoms with E-state index in [1.807, 2.05) is 6.92 Å². The van der Waals surface area contributed by atoms with E-state index in [1.54, 1.807) is 0 Å². The molecule has 6 nitrogen and oxygen atoms in total. The Kier molecular flexibility index (Phi) is 6.73. The summed E-state index contributed by atoms with van der Waals surface area (Å²) in [6, 6.07) is -1.01. The van der Waals surface area contributed by atoms with E-state index in [4.69, 9.17) is 0 Å². The minimum absolute atomic E-state index is 0.311. The number of carbonyl (C=O) groups excluding carboxylic acids is 2. The maximum Gasteiger partial charge on any atom is 0.424 e.